The number of hydrogen-bond donors (Lipinski definition) is 0. The van der Waals surface area contributed by atoms with Crippen molar-refractivity contribution in [3.63, 3.8) is 0 Å². The fourth-order valence-electron chi connectivity index (χ4n) is 3.83. The van der Waals surface area contributed by atoms with E-state index in [1.807, 2.05) is 25.7 Å². The summed E-state index contributed by atoms with van der Waals surface area (Å²) in [6.07, 6.45) is 0. The smallest absolute Gasteiger partial charge is 0.254 e. The van der Waals surface area contributed by atoms with Gasteiger partial charge in [-0.05, 0) is 58.0 Å². The maximum absolute atomic E-state index is 14.5. The van der Waals surface area contributed by atoms with E-state index >= 15 is 0 Å². The van der Waals surface area contributed by atoms with E-state index in [0.29, 0.717) is 80.1 Å². The molecule has 0 radical (unpaired) electrons. The molecule has 0 spiro atoms. The highest BCUT2D eigenvalue weighted by atomic mass is 19.1. The molecule has 33 heavy (non-hydrogen) atoms. The summed E-state index contributed by atoms with van der Waals surface area (Å²) in [7, 11) is 0. The van der Waals surface area contributed by atoms with Crippen LogP contribution < -0.4 is 19.1 Å². The monoisotopic (exact) mass is 458 g/mol. The Hall–Kier alpha value is -3.29. The second-order valence-electron chi connectivity index (χ2n) is 7.60. The molecule has 178 valence electrons. The number of ether oxygens (including phenoxy) is 3. The quantitative estimate of drug-likeness (QED) is 0.525. The van der Waals surface area contributed by atoms with Crippen LogP contribution in [0.15, 0.2) is 30.3 Å². The summed E-state index contributed by atoms with van der Waals surface area (Å²) in [6.45, 7) is 10.2. The van der Waals surface area contributed by atoms with Crippen molar-refractivity contribution in [2.45, 2.75) is 27.7 Å². The lowest BCUT2D eigenvalue weighted by atomic mass is 10.1. The Morgan fingerprint density at radius 3 is 1.91 bits per heavy atom. The number of carbonyl (C=O) groups excluding carboxylic acids is 2. The maximum Gasteiger partial charge on any atom is 0.254 e. The van der Waals surface area contributed by atoms with Crippen LogP contribution in [-0.2, 0) is 0 Å². The average Bonchev–Trinajstić information content (AvgIpc) is 2.81. The van der Waals surface area contributed by atoms with Crippen molar-refractivity contribution < 1.29 is 28.2 Å². The lowest BCUT2D eigenvalue weighted by molar-refractivity contribution is 0.0745. The van der Waals surface area contributed by atoms with Crippen LogP contribution in [0.2, 0.25) is 0 Å². The van der Waals surface area contributed by atoms with Gasteiger partial charge in [0.1, 0.15) is 5.82 Å². The van der Waals surface area contributed by atoms with Gasteiger partial charge in [-0.25, -0.2) is 4.39 Å². The van der Waals surface area contributed by atoms with Crippen molar-refractivity contribution >= 4 is 17.4 Å². The van der Waals surface area contributed by atoms with Crippen molar-refractivity contribution in [1.29, 1.82) is 0 Å². The van der Waals surface area contributed by atoms with Crippen LogP contribution in [0.3, 0.4) is 0 Å². The number of amides is 1. The zero-order valence-electron chi connectivity index (χ0n) is 19.7. The first-order chi connectivity index (χ1) is 15.9. The number of ketones is 1. The minimum absolute atomic E-state index is 0.146. The molecule has 1 amide bonds. The van der Waals surface area contributed by atoms with Crippen LogP contribution in [0.25, 0.3) is 0 Å². The summed E-state index contributed by atoms with van der Waals surface area (Å²) in [5.41, 5.74) is 1.23. The van der Waals surface area contributed by atoms with Gasteiger partial charge >= 0.3 is 0 Å². The Kier molecular flexibility index (Phi) is 8.14. The third-order valence-corrected chi connectivity index (χ3v) is 5.42. The highest BCUT2D eigenvalue weighted by Crippen LogP contribution is 2.39. The first-order valence-corrected chi connectivity index (χ1v) is 11.3. The average molecular weight is 459 g/mol. The Morgan fingerprint density at radius 1 is 0.848 bits per heavy atom. The maximum atomic E-state index is 14.5. The van der Waals surface area contributed by atoms with Gasteiger partial charge in [-0.2, -0.15) is 0 Å². The van der Waals surface area contributed by atoms with Gasteiger partial charge < -0.3 is 24.0 Å². The Morgan fingerprint density at radius 2 is 1.42 bits per heavy atom. The van der Waals surface area contributed by atoms with Crippen molar-refractivity contribution in [2.75, 3.05) is 50.9 Å². The molecule has 0 N–H and O–H groups in total. The van der Waals surface area contributed by atoms with Crippen molar-refractivity contribution in [3.8, 4) is 17.2 Å². The van der Waals surface area contributed by atoms with Crippen LogP contribution in [0.5, 0.6) is 17.2 Å². The number of hydrogen-bond acceptors (Lipinski definition) is 6. The molecule has 1 saturated heterocycles. The van der Waals surface area contributed by atoms with Crippen molar-refractivity contribution in [1.82, 2.24) is 4.90 Å². The number of rotatable bonds is 9. The van der Waals surface area contributed by atoms with Crippen LogP contribution in [0, 0.1) is 5.82 Å². The van der Waals surface area contributed by atoms with E-state index < -0.39 is 5.82 Å². The van der Waals surface area contributed by atoms with Crippen molar-refractivity contribution in [3.05, 3.63) is 47.3 Å². The summed E-state index contributed by atoms with van der Waals surface area (Å²) < 4.78 is 31.7. The zero-order valence-corrected chi connectivity index (χ0v) is 19.7. The molecule has 2 aromatic rings. The number of anilines is 1. The Balaban J connectivity index is 1.77. The van der Waals surface area contributed by atoms with Gasteiger partial charge in [-0.1, -0.05) is 0 Å². The van der Waals surface area contributed by atoms with Crippen LogP contribution in [-0.4, -0.2) is 62.6 Å². The highest BCUT2D eigenvalue weighted by molar-refractivity contribution is 5.96. The molecular weight excluding hydrogens is 427 g/mol. The Labute approximate surface area is 194 Å². The number of Topliss-reactive ketones (excluding diaryl/α,β-unsaturated/α-hetero) is 1. The fourth-order valence-corrected chi connectivity index (χ4v) is 3.83. The van der Waals surface area contributed by atoms with Crippen molar-refractivity contribution in [2.24, 2.45) is 0 Å². The SMILES string of the molecule is CCOc1cc(C(=O)N2CCN(c3ccc(C(C)=O)cc3F)CC2)cc(OCC)c1OCC. The van der Waals surface area contributed by atoms with Gasteiger partial charge in [0.15, 0.2) is 17.3 Å². The van der Waals surface area contributed by atoms with E-state index in [1.165, 1.54) is 13.0 Å². The second kappa shape index (κ2) is 11.0. The number of nitrogens with zero attached hydrogens (tertiary/aromatic N) is 2. The number of benzene rings is 2. The van der Waals surface area contributed by atoms with Crippen LogP contribution in [0.1, 0.15) is 48.4 Å². The summed E-state index contributed by atoms with van der Waals surface area (Å²) in [6, 6.07) is 7.89. The van der Waals surface area contributed by atoms with E-state index in [9.17, 15) is 14.0 Å². The predicted molar refractivity (Wildman–Crippen MR) is 124 cm³/mol. The Bertz CT molecular complexity index is 975. The van der Waals surface area contributed by atoms with E-state index in [4.69, 9.17) is 14.2 Å². The molecule has 0 unspecified atom stereocenters. The molecule has 1 fully saturated rings. The third-order valence-electron chi connectivity index (χ3n) is 5.42. The molecule has 7 nitrogen and oxygen atoms in total. The van der Waals surface area contributed by atoms with Crippen LogP contribution >= 0.6 is 0 Å². The predicted octanol–water partition coefficient (Wildman–Crippen LogP) is 4.19. The molecule has 1 aliphatic rings. The summed E-state index contributed by atoms with van der Waals surface area (Å²) >= 11 is 0. The topological polar surface area (TPSA) is 68.3 Å². The third kappa shape index (κ3) is 5.56. The zero-order chi connectivity index (χ0) is 24.0. The van der Waals surface area contributed by atoms with E-state index in [1.54, 1.807) is 29.2 Å². The largest absolute Gasteiger partial charge is 0.490 e. The summed E-state index contributed by atoms with van der Waals surface area (Å²) in [5, 5.41) is 0. The standard InChI is InChI=1S/C25H31FN2O5/c1-5-31-22-15-19(16-23(32-6-2)24(22)33-7-3)25(30)28-12-10-27(11-13-28)21-9-8-18(17(4)29)14-20(21)26/h8-9,14-16H,5-7,10-13H2,1-4H3. The van der Waals surface area contributed by atoms with Gasteiger partial charge in [0, 0.05) is 37.3 Å². The second-order valence-corrected chi connectivity index (χ2v) is 7.60. The summed E-state index contributed by atoms with van der Waals surface area (Å²) in [5.74, 6) is 0.680. The molecule has 2 aromatic carbocycles. The lowest BCUT2D eigenvalue weighted by Crippen LogP contribution is -2.49. The number of halogens is 1. The molecule has 0 bridgehead atoms. The molecule has 0 atom stereocenters. The van der Waals surface area contributed by atoms with E-state index in [2.05, 4.69) is 0 Å². The van der Waals surface area contributed by atoms with Gasteiger partial charge in [-0.3, -0.25) is 9.59 Å². The van der Waals surface area contributed by atoms with E-state index in [0.717, 1.165) is 0 Å². The molecule has 0 aliphatic carbocycles. The fraction of sp³-hybridized carbons (Fsp3) is 0.440. The number of carbonyl (C=O) groups is 2. The first-order valence-electron chi connectivity index (χ1n) is 11.3. The van der Waals surface area contributed by atoms with Gasteiger partial charge in [0.2, 0.25) is 5.75 Å². The molecule has 8 heteroatoms. The van der Waals surface area contributed by atoms with Gasteiger partial charge in [-0.15, -0.1) is 0 Å². The molecular formula is C25H31FN2O5. The van der Waals surface area contributed by atoms with Gasteiger partial charge in [0.05, 0.1) is 25.5 Å². The van der Waals surface area contributed by atoms with Gasteiger partial charge in [0.25, 0.3) is 5.91 Å². The minimum Gasteiger partial charge on any atom is -0.490 e. The molecule has 1 heterocycles. The lowest BCUT2D eigenvalue weighted by Gasteiger charge is -2.36. The minimum atomic E-state index is -0.434. The molecule has 0 aromatic heterocycles. The molecule has 3 rings (SSSR count). The molecule has 1 aliphatic heterocycles. The van der Waals surface area contributed by atoms with E-state index in [-0.39, 0.29) is 11.7 Å². The number of piperazine rings is 1. The normalized spacial score (nSPS) is 13.6. The van der Waals surface area contributed by atoms with Crippen LogP contribution in [0.4, 0.5) is 10.1 Å². The summed E-state index contributed by atoms with van der Waals surface area (Å²) in [4.78, 5) is 28.4. The highest BCUT2D eigenvalue weighted by Gasteiger charge is 2.26. The first kappa shape index (κ1) is 24.4. The molecule has 0 saturated carbocycles.